The van der Waals surface area contributed by atoms with Gasteiger partial charge in [0.15, 0.2) is 0 Å². The van der Waals surface area contributed by atoms with Crippen molar-refractivity contribution in [2.75, 3.05) is 6.54 Å². The molecule has 0 spiro atoms. The number of hydrogen-bond donors (Lipinski definition) is 1. The molecule has 1 N–H and O–H groups in total. The molecule has 0 aromatic heterocycles. The molecule has 2 fully saturated rings. The van der Waals surface area contributed by atoms with Crippen LogP contribution in [0.3, 0.4) is 0 Å². The highest BCUT2D eigenvalue weighted by Crippen LogP contribution is 2.49. The average molecular weight is 234 g/mol. The second-order valence-corrected chi connectivity index (χ2v) is 6.41. The van der Waals surface area contributed by atoms with Gasteiger partial charge in [-0.25, -0.2) is 0 Å². The van der Waals surface area contributed by atoms with Gasteiger partial charge in [0.25, 0.3) is 0 Å². The number of hydrogen-bond acceptors (Lipinski definition) is 2. The molecule has 0 amide bonds. The van der Waals surface area contributed by atoms with Crippen molar-refractivity contribution in [2.24, 2.45) is 22.7 Å². The lowest BCUT2D eigenvalue weighted by atomic mass is 9.84. The Labute approximate surface area is 105 Å². The average Bonchev–Trinajstić information content (AvgIpc) is 2.87. The van der Waals surface area contributed by atoms with E-state index in [0.717, 1.165) is 24.3 Å². The van der Waals surface area contributed by atoms with Crippen molar-refractivity contribution >= 4 is 5.84 Å². The lowest BCUT2D eigenvalue weighted by Gasteiger charge is -2.29. The summed E-state index contributed by atoms with van der Waals surface area (Å²) in [6, 6.07) is 0.655. The molecule has 0 saturated heterocycles. The summed E-state index contributed by atoms with van der Waals surface area (Å²) in [5.74, 6) is 4.32. The molecule has 1 aliphatic heterocycles. The fourth-order valence-corrected chi connectivity index (χ4v) is 4.27. The lowest BCUT2D eigenvalue weighted by molar-refractivity contribution is 0.278. The zero-order valence-electron chi connectivity index (χ0n) is 11.1. The molecule has 0 aromatic rings. The smallest absolute Gasteiger partial charge is 0.0965 e. The Kier molecular flexibility index (Phi) is 3.39. The van der Waals surface area contributed by atoms with Gasteiger partial charge in [-0.1, -0.05) is 12.8 Å². The molecular formula is C15H26N2. The molecule has 2 bridgehead atoms. The van der Waals surface area contributed by atoms with Crippen molar-refractivity contribution < 1.29 is 0 Å². The summed E-state index contributed by atoms with van der Waals surface area (Å²) in [5, 5.41) is 3.74. The Morgan fingerprint density at radius 2 is 2.12 bits per heavy atom. The van der Waals surface area contributed by atoms with Gasteiger partial charge in [0.2, 0.25) is 0 Å². The topological polar surface area (TPSA) is 24.4 Å². The van der Waals surface area contributed by atoms with Crippen molar-refractivity contribution in [3.8, 4) is 0 Å². The first-order valence-corrected chi connectivity index (χ1v) is 7.63. The summed E-state index contributed by atoms with van der Waals surface area (Å²) in [6.07, 6.45) is 11.2. The van der Waals surface area contributed by atoms with Crippen LogP contribution in [-0.4, -0.2) is 18.4 Å². The molecule has 2 nitrogen and oxygen atoms in total. The Balaban J connectivity index is 1.55. The van der Waals surface area contributed by atoms with E-state index < -0.39 is 0 Å². The molecule has 4 atom stereocenters. The molecule has 0 aromatic carbocycles. The van der Waals surface area contributed by atoms with Gasteiger partial charge >= 0.3 is 0 Å². The molecule has 0 radical (unpaired) electrons. The Bertz CT molecular complexity index is 297. The highest BCUT2D eigenvalue weighted by Gasteiger charge is 2.41. The number of aliphatic imine (C=N–C) groups is 1. The van der Waals surface area contributed by atoms with Gasteiger partial charge in [-0.15, -0.1) is 0 Å². The van der Waals surface area contributed by atoms with Crippen LogP contribution >= 0.6 is 0 Å². The molecule has 3 rings (SSSR count). The summed E-state index contributed by atoms with van der Waals surface area (Å²) < 4.78 is 0. The maximum atomic E-state index is 4.70. The molecular weight excluding hydrogens is 208 g/mol. The van der Waals surface area contributed by atoms with Gasteiger partial charge in [0.1, 0.15) is 0 Å². The normalized spacial score (nSPS) is 38.6. The van der Waals surface area contributed by atoms with Crippen LogP contribution in [0.4, 0.5) is 0 Å². The van der Waals surface area contributed by atoms with Gasteiger partial charge in [-0.05, 0) is 56.8 Å². The summed E-state index contributed by atoms with van der Waals surface area (Å²) in [4.78, 5) is 4.70. The van der Waals surface area contributed by atoms with E-state index in [1.807, 2.05) is 0 Å². The first-order chi connectivity index (χ1) is 8.33. The summed E-state index contributed by atoms with van der Waals surface area (Å²) in [7, 11) is 0. The quantitative estimate of drug-likeness (QED) is 0.778. The van der Waals surface area contributed by atoms with Crippen LogP contribution in [-0.2, 0) is 0 Å². The molecule has 2 heteroatoms. The van der Waals surface area contributed by atoms with Crippen LogP contribution in [0.25, 0.3) is 0 Å². The molecule has 0 unspecified atom stereocenters. The lowest BCUT2D eigenvalue weighted by Crippen LogP contribution is -2.40. The van der Waals surface area contributed by atoms with E-state index in [-0.39, 0.29) is 0 Å². The zero-order valence-corrected chi connectivity index (χ0v) is 11.1. The fourth-order valence-electron chi connectivity index (χ4n) is 4.27. The summed E-state index contributed by atoms with van der Waals surface area (Å²) in [6.45, 7) is 3.44. The third kappa shape index (κ3) is 2.51. The van der Waals surface area contributed by atoms with Gasteiger partial charge in [0.05, 0.1) is 5.84 Å². The van der Waals surface area contributed by atoms with E-state index in [9.17, 15) is 0 Å². The number of rotatable bonds is 2. The number of amidine groups is 1. The number of nitrogens with one attached hydrogen (secondary N) is 1. The minimum atomic E-state index is 0.655. The Morgan fingerprint density at radius 3 is 2.88 bits per heavy atom. The standard InChI is InChI=1S/C15H26N2/c1-11(14-10-12-6-7-13(14)9-12)17-15-5-3-2-4-8-16-15/h11-14H,2-10H2,1H3,(H,16,17)/t11-,12+,13+,14-/m0/s1. The van der Waals surface area contributed by atoms with E-state index in [4.69, 9.17) is 4.99 Å². The van der Waals surface area contributed by atoms with Crippen molar-refractivity contribution in [1.82, 2.24) is 5.32 Å². The largest absolute Gasteiger partial charge is 0.371 e. The van der Waals surface area contributed by atoms with Crippen LogP contribution in [0.15, 0.2) is 4.99 Å². The maximum absolute atomic E-state index is 4.70. The second-order valence-electron chi connectivity index (χ2n) is 6.41. The summed E-state index contributed by atoms with van der Waals surface area (Å²) >= 11 is 0. The third-order valence-corrected chi connectivity index (χ3v) is 5.20. The van der Waals surface area contributed by atoms with Crippen molar-refractivity contribution in [3.63, 3.8) is 0 Å². The van der Waals surface area contributed by atoms with Crippen molar-refractivity contribution in [3.05, 3.63) is 0 Å². The van der Waals surface area contributed by atoms with Gasteiger partial charge in [-0.3, -0.25) is 4.99 Å². The number of nitrogens with zero attached hydrogens (tertiary/aromatic N) is 1. The minimum absolute atomic E-state index is 0.655. The van der Waals surface area contributed by atoms with E-state index >= 15 is 0 Å². The SMILES string of the molecule is C[C@H](NC1=NCCCCC1)[C@@H]1C[C@@H]2CC[C@@H]1C2. The molecule has 96 valence electrons. The molecule has 2 aliphatic carbocycles. The number of fused-ring (bicyclic) bond motifs is 2. The van der Waals surface area contributed by atoms with E-state index in [1.54, 1.807) is 0 Å². The zero-order chi connectivity index (χ0) is 11.7. The van der Waals surface area contributed by atoms with Crippen LogP contribution in [0.1, 0.15) is 58.3 Å². The van der Waals surface area contributed by atoms with Gasteiger partial charge in [0, 0.05) is 19.0 Å². The van der Waals surface area contributed by atoms with Crippen LogP contribution < -0.4 is 5.32 Å². The monoisotopic (exact) mass is 234 g/mol. The highest BCUT2D eigenvalue weighted by molar-refractivity contribution is 5.82. The van der Waals surface area contributed by atoms with Crippen molar-refractivity contribution in [1.29, 1.82) is 0 Å². The summed E-state index contributed by atoms with van der Waals surface area (Å²) in [5.41, 5.74) is 0. The molecule has 2 saturated carbocycles. The van der Waals surface area contributed by atoms with E-state index in [2.05, 4.69) is 12.2 Å². The predicted molar refractivity (Wildman–Crippen MR) is 72.3 cm³/mol. The van der Waals surface area contributed by atoms with Crippen LogP contribution in [0, 0.1) is 17.8 Å². The predicted octanol–water partition coefficient (Wildman–Crippen LogP) is 3.37. The van der Waals surface area contributed by atoms with Crippen LogP contribution in [0.5, 0.6) is 0 Å². The van der Waals surface area contributed by atoms with Crippen LogP contribution in [0.2, 0.25) is 0 Å². The minimum Gasteiger partial charge on any atom is -0.371 e. The van der Waals surface area contributed by atoms with Gasteiger partial charge < -0.3 is 5.32 Å². The first kappa shape index (κ1) is 11.6. The Morgan fingerprint density at radius 1 is 1.18 bits per heavy atom. The first-order valence-electron chi connectivity index (χ1n) is 7.63. The van der Waals surface area contributed by atoms with E-state index in [1.165, 1.54) is 57.2 Å². The van der Waals surface area contributed by atoms with E-state index in [0.29, 0.717) is 6.04 Å². The van der Waals surface area contributed by atoms with Crippen molar-refractivity contribution in [2.45, 2.75) is 64.3 Å². The fraction of sp³-hybridized carbons (Fsp3) is 0.933. The third-order valence-electron chi connectivity index (χ3n) is 5.20. The van der Waals surface area contributed by atoms with Gasteiger partial charge in [-0.2, -0.15) is 0 Å². The Hall–Kier alpha value is -0.530. The molecule has 3 aliphatic rings. The second kappa shape index (κ2) is 4.99. The highest BCUT2D eigenvalue weighted by atomic mass is 15.0. The molecule has 1 heterocycles. The maximum Gasteiger partial charge on any atom is 0.0965 e. The molecule has 17 heavy (non-hydrogen) atoms.